The summed E-state index contributed by atoms with van der Waals surface area (Å²) < 4.78 is 7.57. The smallest absolute Gasteiger partial charge is 0.222 e. The van der Waals surface area contributed by atoms with Gasteiger partial charge in [0.1, 0.15) is 6.33 Å². The molecule has 2 aromatic heterocycles. The summed E-state index contributed by atoms with van der Waals surface area (Å²) in [5.41, 5.74) is 4.23. The van der Waals surface area contributed by atoms with Crippen LogP contribution in [0.25, 0.3) is 0 Å². The Bertz CT molecular complexity index is 758. The first kappa shape index (κ1) is 18.5. The van der Waals surface area contributed by atoms with Gasteiger partial charge in [0.2, 0.25) is 5.91 Å². The Morgan fingerprint density at radius 1 is 1.35 bits per heavy atom. The largest absolute Gasteiger partial charge is 0.379 e. The van der Waals surface area contributed by atoms with Crippen molar-refractivity contribution in [3.63, 3.8) is 0 Å². The van der Waals surface area contributed by atoms with E-state index in [1.165, 1.54) is 0 Å². The molecule has 0 saturated carbocycles. The molecule has 1 aliphatic rings. The zero-order valence-electron chi connectivity index (χ0n) is 15.8. The number of nitrogens with zero attached hydrogens (tertiary/aromatic N) is 5. The molecule has 1 saturated heterocycles. The van der Waals surface area contributed by atoms with Gasteiger partial charge >= 0.3 is 0 Å². The van der Waals surface area contributed by atoms with Crippen LogP contribution in [-0.4, -0.2) is 56.9 Å². The van der Waals surface area contributed by atoms with Crippen LogP contribution in [0.15, 0.2) is 18.6 Å². The number of hydrogen-bond acceptors (Lipinski definition) is 5. The fraction of sp³-hybridized carbons (Fsp3) is 0.579. The van der Waals surface area contributed by atoms with Gasteiger partial charge in [-0.05, 0) is 38.3 Å². The van der Waals surface area contributed by atoms with Crippen LogP contribution < -0.4 is 0 Å². The van der Waals surface area contributed by atoms with Gasteiger partial charge in [-0.15, -0.1) is 0 Å². The van der Waals surface area contributed by atoms with E-state index in [0.29, 0.717) is 32.7 Å². The molecule has 0 aromatic carbocycles. The predicted molar refractivity (Wildman–Crippen MR) is 97.6 cm³/mol. The van der Waals surface area contributed by atoms with Crippen molar-refractivity contribution in [2.75, 3.05) is 26.3 Å². The molecule has 0 aliphatic carbocycles. The Balaban J connectivity index is 1.57. The van der Waals surface area contributed by atoms with E-state index in [4.69, 9.17) is 4.74 Å². The van der Waals surface area contributed by atoms with Crippen molar-refractivity contribution in [2.45, 2.75) is 33.1 Å². The molecular formula is C19H27N5O2. The van der Waals surface area contributed by atoms with Gasteiger partial charge in [0.15, 0.2) is 0 Å². The second-order valence-electron chi connectivity index (χ2n) is 7.01. The van der Waals surface area contributed by atoms with Gasteiger partial charge in [-0.1, -0.05) is 0 Å². The van der Waals surface area contributed by atoms with Crippen LogP contribution in [0.1, 0.15) is 29.1 Å². The summed E-state index contributed by atoms with van der Waals surface area (Å²) in [6, 6.07) is 2.00. The number of aryl methyl sites for hydroxylation is 3. The summed E-state index contributed by atoms with van der Waals surface area (Å²) in [7, 11) is 1.92. The normalized spacial score (nSPS) is 18.0. The molecule has 0 radical (unpaired) electrons. The molecule has 1 atom stereocenters. The summed E-state index contributed by atoms with van der Waals surface area (Å²) in [6.45, 7) is 6.63. The summed E-state index contributed by atoms with van der Waals surface area (Å²) in [6.07, 6.45) is 5.49. The van der Waals surface area contributed by atoms with Crippen LogP contribution in [0, 0.1) is 19.8 Å². The van der Waals surface area contributed by atoms with Crippen molar-refractivity contribution in [1.29, 1.82) is 0 Å². The monoisotopic (exact) mass is 357 g/mol. The van der Waals surface area contributed by atoms with E-state index in [0.717, 1.165) is 35.5 Å². The van der Waals surface area contributed by atoms with E-state index in [1.807, 2.05) is 42.7 Å². The number of ether oxygens (including phenoxy) is 1. The van der Waals surface area contributed by atoms with Crippen molar-refractivity contribution in [3.05, 3.63) is 41.2 Å². The molecule has 1 aliphatic heterocycles. The first-order valence-electron chi connectivity index (χ1n) is 9.13. The van der Waals surface area contributed by atoms with Crippen molar-refractivity contribution >= 4 is 5.91 Å². The number of carbonyl (C=O) groups is 1. The van der Waals surface area contributed by atoms with Gasteiger partial charge in [-0.3, -0.25) is 9.48 Å². The van der Waals surface area contributed by atoms with E-state index in [9.17, 15) is 4.79 Å². The SMILES string of the molecule is Cc1cc(C[C@H]2COCCN(C(=O)CCc3cnn(C)c3C)C2)ncn1. The van der Waals surface area contributed by atoms with E-state index in [-0.39, 0.29) is 11.8 Å². The van der Waals surface area contributed by atoms with Crippen LogP contribution in [0.2, 0.25) is 0 Å². The van der Waals surface area contributed by atoms with E-state index in [1.54, 1.807) is 6.33 Å². The summed E-state index contributed by atoms with van der Waals surface area (Å²) >= 11 is 0. The van der Waals surface area contributed by atoms with Gasteiger partial charge < -0.3 is 9.64 Å². The number of rotatable bonds is 5. The number of carbonyl (C=O) groups excluding carboxylic acids is 1. The minimum atomic E-state index is 0.183. The third-order valence-corrected chi connectivity index (χ3v) is 4.99. The second-order valence-corrected chi connectivity index (χ2v) is 7.01. The van der Waals surface area contributed by atoms with Gasteiger partial charge in [-0.2, -0.15) is 5.10 Å². The van der Waals surface area contributed by atoms with Gasteiger partial charge in [-0.25, -0.2) is 9.97 Å². The molecule has 26 heavy (non-hydrogen) atoms. The maximum absolute atomic E-state index is 12.7. The minimum Gasteiger partial charge on any atom is -0.379 e. The highest BCUT2D eigenvalue weighted by Gasteiger charge is 2.23. The minimum absolute atomic E-state index is 0.183. The van der Waals surface area contributed by atoms with Crippen LogP contribution in [-0.2, 0) is 29.4 Å². The molecule has 0 N–H and O–H groups in total. The molecule has 1 amide bonds. The highest BCUT2D eigenvalue weighted by molar-refractivity contribution is 5.76. The highest BCUT2D eigenvalue weighted by atomic mass is 16.5. The van der Waals surface area contributed by atoms with Crippen LogP contribution in [0.4, 0.5) is 0 Å². The third kappa shape index (κ3) is 4.66. The van der Waals surface area contributed by atoms with Gasteiger partial charge in [0.25, 0.3) is 0 Å². The lowest BCUT2D eigenvalue weighted by Crippen LogP contribution is -2.36. The molecule has 0 unspecified atom stereocenters. The topological polar surface area (TPSA) is 73.1 Å². The zero-order valence-corrected chi connectivity index (χ0v) is 15.8. The van der Waals surface area contributed by atoms with Crippen LogP contribution >= 0.6 is 0 Å². The molecule has 3 heterocycles. The quantitative estimate of drug-likeness (QED) is 0.810. The van der Waals surface area contributed by atoms with Crippen molar-refractivity contribution in [2.24, 2.45) is 13.0 Å². The maximum atomic E-state index is 12.7. The molecule has 2 aromatic rings. The fourth-order valence-corrected chi connectivity index (χ4v) is 3.34. The molecule has 3 rings (SSSR count). The van der Waals surface area contributed by atoms with E-state index in [2.05, 4.69) is 15.1 Å². The van der Waals surface area contributed by atoms with Gasteiger partial charge in [0.05, 0.1) is 19.4 Å². The zero-order chi connectivity index (χ0) is 18.5. The molecule has 0 spiro atoms. The Labute approximate surface area is 154 Å². The predicted octanol–water partition coefficient (Wildman–Crippen LogP) is 1.48. The Hall–Kier alpha value is -2.28. The fourth-order valence-electron chi connectivity index (χ4n) is 3.34. The second kappa shape index (κ2) is 8.40. The Morgan fingerprint density at radius 2 is 2.19 bits per heavy atom. The molecule has 140 valence electrons. The number of aromatic nitrogens is 4. The highest BCUT2D eigenvalue weighted by Crippen LogP contribution is 2.15. The molecular weight excluding hydrogens is 330 g/mol. The van der Waals surface area contributed by atoms with Crippen molar-refractivity contribution in [3.8, 4) is 0 Å². The van der Waals surface area contributed by atoms with Crippen molar-refractivity contribution < 1.29 is 9.53 Å². The number of amides is 1. The molecule has 7 heteroatoms. The first-order valence-corrected chi connectivity index (χ1v) is 9.13. The lowest BCUT2D eigenvalue weighted by atomic mass is 10.0. The molecule has 1 fully saturated rings. The number of hydrogen-bond donors (Lipinski definition) is 0. The lowest BCUT2D eigenvalue weighted by molar-refractivity contribution is -0.131. The van der Waals surface area contributed by atoms with E-state index >= 15 is 0 Å². The summed E-state index contributed by atoms with van der Waals surface area (Å²) in [4.78, 5) is 23.1. The first-order chi connectivity index (χ1) is 12.5. The van der Waals surface area contributed by atoms with Gasteiger partial charge in [0, 0.05) is 49.6 Å². The average molecular weight is 357 g/mol. The molecule has 7 nitrogen and oxygen atoms in total. The van der Waals surface area contributed by atoms with Crippen LogP contribution in [0.3, 0.4) is 0 Å². The summed E-state index contributed by atoms with van der Waals surface area (Å²) in [5, 5.41) is 4.25. The Kier molecular flexibility index (Phi) is 5.98. The van der Waals surface area contributed by atoms with Crippen molar-refractivity contribution in [1.82, 2.24) is 24.6 Å². The lowest BCUT2D eigenvalue weighted by Gasteiger charge is -2.23. The maximum Gasteiger partial charge on any atom is 0.222 e. The molecule has 0 bridgehead atoms. The van der Waals surface area contributed by atoms with E-state index < -0.39 is 0 Å². The van der Waals surface area contributed by atoms with Crippen LogP contribution in [0.5, 0.6) is 0 Å². The Morgan fingerprint density at radius 3 is 2.92 bits per heavy atom. The third-order valence-electron chi connectivity index (χ3n) is 4.99. The summed E-state index contributed by atoms with van der Waals surface area (Å²) in [5.74, 6) is 0.443. The average Bonchev–Trinajstić information content (AvgIpc) is 2.81. The standard InChI is InChI=1S/C19H27N5O2/c1-14-8-18(21-13-20-14)9-16-11-24(6-7-26-12-16)19(25)5-4-17-10-22-23(3)15(17)2/h8,10,13,16H,4-7,9,11-12H2,1-3H3/t16-/m1/s1.